The minimum absolute atomic E-state index is 0.0499. The summed E-state index contributed by atoms with van der Waals surface area (Å²) < 4.78 is 38.5. The highest BCUT2D eigenvalue weighted by Gasteiger charge is 2.20. The molecule has 0 fully saturated rings. The van der Waals surface area contributed by atoms with Gasteiger partial charge in [-0.25, -0.2) is 13.8 Å². The number of rotatable bonds is 8. The normalized spacial score (nSPS) is 10.6. The first kappa shape index (κ1) is 20.5. The van der Waals surface area contributed by atoms with Gasteiger partial charge in [-0.2, -0.15) is 0 Å². The van der Waals surface area contributed by atoms with Crippen LogP contribution in [0.5, 0.6) is 11.5 Å². The molecular formula is C21H18F2N2O3S. The zero-order chi connectivity index (χ0) is 21.0. The van der Waals surface area contributed by atoms with Gasteiger partial charge < -0.3 is 15.2 Å². The van der Waals surface area contributed by atoms with Crippen molar-refractivity contribution < 1.29 is 23.0 Å². The van der Waals surface area contributed by atoms with E-state index in [4.69, 9.17) is 15.2 Å². The molecule has 1 aromatic heterocycles. The van der Waals surface area contributed by atoms with Gasteiger partial charge in [0.2, 0.25) is 0 Å². The van der Waals surface area contributed by atoms with Crippen LogP contribution in [-0.2, 0) is 13.0 Å². The molecule has 0 aliphatic heterocycles. The fourth-order valence-corrected chi connectivity index (χ4v) is 3.72. The summed E-state index contributed by atoms with van der Waals surface area (Å²) in [4.78, 5) is 16.8. The van der Waals surface area contributed by atoms with Crippen LogP contribution < -0.4 is 15.2 Å². The van der Waals surface area contributed by atoms with E-state index in [1.54, 1.807) is 13.2 Å². The van der Waals surface area contributed by atoms with Gasteiger partial charge in [0.05, 0.1) is 12.8 Å². The maximum atomic E-state index is 14.3. The number of hydrogen-bond donors (Lipinski definition) is 1. The van der Waals surface area contributed by atoms with Gasteiger partial charge in [-0.3, -0.25) is 4.79 Å². The van der Waals surface area contributed by atoms with Crippen molar-refractivity contribution in [1.29, 1.82) is 0 Å². The molecule has 0 radical (unpaired) electrons. The third-order valence-corrected chi connectivity index (χ3v) is 5.14. The Labute approximate surface area is 170 Å². The smallest absolute Gasteiger partial charge is 0.254 e. The van der Waals surface area contributed by atoms with Crippen molar-refractivity contribution in [3.8, 4) is 22.8 Å². The van der Waals surface area contributed by atoms with Crippen LogP contribution in [0.1, 0.15) is 20.2 Å². The van der Waals surface area contributed by atoms with Gasteiger partial charge in [-0.05, 0) is 36.4 Å². The highest BCUT2D eigenvalue weighted by molar-refractivity contribution is 7.12. The molecule has 0 aliphatic carbocycles. The molecule has 5 nitrogen and oxygen atoms in total. The average molecular weight is 416 g/mol. The molecule has 1 amide bonds. The van der Waals surface area contributed by atoms with Crippen LogP contribution >= 0.6 is 11.3 Å². The SMILES string of the molecule is C=CCc1sc(COc2ccc(F)c(C(N)=O)c2F)nc1-c1ccc(OC)cc1. The van der Waals surface area contributed by atoms with E-state index in [9.17, 15) is 13.6 Å². The summed E-state index contributed by atoms with van der Waals surface area (Å²) in [5.74, 6) is -2.90. The van der Waals surface area contributed by atoms with Crippen LogP contribution in [0, 0.1) is 11.6 Å². The van der Waals surface area contributed by atoms with Crippen molar-refractivity contribution in [1.82, 2.24) is 4.98 Å². The van der Waals surface area contributed by atoms with Crippen LogP contribution in [0.15, 0.2) is 49.1 Å². The van der Waals surface area contributed by atoms with E-state index < -0.39 is 23.1 Å². The standard InChI is InChI=1S/C21H18F2N2O3S/c1-3-4-16-20(12-5-7-13(27-2)8-6-12)25-17(29-16)11-28-15-10-9-14(22)18(19(15)23)21(24)26/h3,5-10H,1,4,11H2,2H3,(H2,24,26). The molecule has 0 spiro atoms. The zero-order valence-electron chi connectivity index (χ0n) is 15.6. The molecule has 3 aromatic rings. The fraction of sp³-hybridized carbons (Fsp3) is 0.143. The predicted octanol–water partition coefficient (Wildman–Crippen LogP) is 4.50. The summed E-state index contributed by atoms with van der Waals surface area (Å²) in [5, 5.41) is 0.594. The first-order valence-corrected chi connectivity index (χ1v) is 9.40. The number of thiazole rings is 1. The van der Waals surface area contributed by atoms with Gasteiger partial charge in [-0.1, -0.05) is 6.08 Å². The summed E-state index contributed by atoms with van der Waals surface area (Å²) in [5.41, 5.74) is 5.87. The Kier molecular flexibility index (Phi) is 6.23. The fourth-order valence-electron chi connectivity index (χ4n) is 2.72. The number of nitrogens with zero attached hydrogens (tertiary/aromatic N) is 1. The largest absolute Gasteiger partial charge is 0.497 e. The maximum Gasteiger partial charge on any atom is 0.254 e. The molecule has 150 valence electrons. The Morgan fingerprint density at radius 2 is 1.97 bits per heavy atom. The van der Waals surface area contributed by atoms with Gasteiger partial charge in [0, 0.05) is 16.9 Å². The molecule has 0 atom stereocenters. The molecule has 1 heterocycles. The molecule has 0 saturated heterocycles. The van der Waals surface area contributed by atoms with E-state index in [1.807, 2.05) is 24.3 Å². The second-order valence-electron chi connectivity index (χ2n) is 5.99. The number of primary amides is 1. The number of nitrogens with two attached hydrogens (primary N) is 1. The Morgan fingerprint density at radius 1 is 1.24 bits per heavy atom. The lowest BCUT2D eigenvalue weighted by Crippen LogP contribution is -2.16. The Balaban J connectivity index is 1.86. The van der Waals surface area contributed by atoms with Crippen molar-refractivity contribution >= 4 is 17.2 Å². The summed E-state index contributed by atoms with van der Waals surface area (Å²) in [6, 6.07) is 9.50. The number of carbonyl (C=O) groups excluding carboxylic acids is 1. The van der Waals surface area contributed by atoms with Crippen LogP contribution in [-0.4, -0.2) is 18.0 Å². The number of allylic oxidation sites excluding steroid dienone is 1. The van der Waals surface area contributed by atoms with Gasteiger partial charge in [0.1, 0.15) is 28.7 Å². The maximum absolute atomic E-state index is 14.3. The molecule has 29 heavy (non-hydrogen) atoms. The Hall–Kier alpha value is -3.26. The van der Waals surface area contributed by atoms with E-state index in [-0.39, 0.29) is 12.4 Å². The molecule has 2 aromatic carbocycles. The minimum atomic E-state index is -1.20. The van der Waals surface area contributed by atoms with Crippen LogP contribution in [0.4, 0.5) is 8.78 Å². The predicted molar refractivity (Wildman–Crippen MR) is 107 cm³/mol. The van der Waals surface area contributed by atoms with Crippen molar-refractivity contribution in [2.75, 3.05) is 7.11 Å². The topological polar surface area (TPSA) is 74.4 Å². The van der Waals surface area contributed by atoms with Crippen LogP contribution in [0.3, 0.4) is 0 Å². The number of methoxy groups -OCH3 is 1. The van der Waals surface area contributed by atoms with Crippen LogP contribution in [0.25, 0.3) is 11.3 Å². The Morgan fingerprint density at radius 3 is 2.59 bits per heavy atom. The van der Waals surface area contributed by atoms with E-state index in [1.165, 1.54) is 11.3 Å². The third kappa shape index (κ3) is 4.43. The quantitative estimate of drug-likeness (QED) is 0.549. The van der Waals surface area contributed by atoms with Gasteiger partial charge in [0.25, 0.3) is 5.91 Å². The molecule has 0 bridgehead atoms. The Bertz CT molecular complexity index is 1050. The molecule has 3 rings (SSSR count). The molecule has 8 heteroatoms. The minimum Gasteiger partial charge on any atom is -0.497 e. The number of halogens is 2. The number of hydrogen-bond acceptors (Lipinski definition) is 5. The van der Waals surface area contributed by atoms with Gasteiger partial charge in [0.15, 0.2) is 11.6 Å². The van der Waals surface area contributed by atoms with E-state index in [2.05, 4.69) is 11.6 Å². The zero-order valence-corrected chi connectivity index (χ0v) is 16.4. The van der Waals surface area contributed by atoms with E-state index in [0.717, 1.165) is 34.0 Å². The molecule has 2 N–H and O–H groups in total. The van der Waals surface area contributed by atoms with Crippen molar-refractivity contribution in [2.45, 2.75) is 13.0 Å². The molecule has 0 unspecified atom stereocenters. The van der Waals surface area contributed by atoms with Crippen molar-refractivity contribution in [3.63, 3.8) is 0 Å². The number of carbonyl (C=O) groups is 1. The first-order valence-electron chi connectivity index (χ1n) is 8.59. The number of amides is 1. The van der Waals surface area contributed by atoms with Gasteiger partial charge >= 0.3 is 0 Å². The monoisotopic (exact) mass is 416 g/mol. The summed E-state index contributed by atoms with van der Waals surface area (Å²) in [7, 11) is 1.59. The summed E-state index contributed by atoms with van der Waals surface area (Å²) in [6.45, 7) is 3.72. The second-order valence-corrected chi connectivity index (χ2v) is 7.16. The summed E-state index contributed by atoms with van der Waals surface area (Å²) in [6.07, 6.45) is 2.37. The molecule has 0 saturated carbocycles. The van der Waals surface area contributed by atoms with Crippen LogP contribution in [0.2, 0.25) is 0 Å². The average Bonchev–Trinajstić information content (AvgIpc) is 3.10. The lowest BCUT2D eigenvalue weighted by molar-refractivity contribution is 0.0991. The van der Waals surface area contributed by atoms with Crippen molar-refractivity contribution in [2.24, 2.45) is 5.73 Å². The molecule has 0 aliphatic rings. The highest BCUT2D eigenvalue weighted by Crippen LogP contribution is 2.31. The highest BCUT2D eigenvalue weighted by atomic mass is 32.1. The molecular weight excluding hydrogens is 398 g/mol. The number of aromatic nitrogens is 1. The third-order valence-electron chi connectivity index (χ3n) is 4.09. The van der Waals surface area contributed by atoms with E-state index in [0.29, 0.717) is 11.4 Å². The summed E-state index contributed by atoms with van der Waals surface area (Å²) >= 11 is 1.40. The number of benzene rings is 2. The first-order chi connectivity index (χ1) is 13.9. The lowest BCUT2D eigenvalue weighted by atomic mass is 10.1. The van der Waals surface area contributed by atoms with Gasteiger partial charge in [-0.15, -0.1) is 17.9 Å². The van der Waals surface area contributed by atoms with Crippen molar-refractivity contribution in [3.05, 3.63) is 76.1 Å². The second kappa shape index (κ2) is 8.83. The lowest BCUT2D eigenvalue weighted by Gasteiger charge is -2.08. The number of ether oxygens (including phenoxy) is 2. The van der Waals surface area contributed by atoms with E-state index >= 15 is 0 Å².